The molecule has 0 bridgehead atoms. The number of carbonyl (C=O) groups excluding carboxylic acids is 1. The first-order chi connectivity index (χ1) is 11.1. The number of methoxy groups -OCH3 is 1. The standard InChI is InChI=1S/C17H24FN3O2/c1-23-10-9-21-13-17(6-3-16(21)22)5-2-8-20(12-17)15-4-7-19-11-14(15)18/h4,7,11H,2-3,5-6,8-10,12-13H2,1H3/t17-/m1/s1. The Morgan fingerprint density at radius 2 is 2.26 bits per heavy atom. The third-order valence-corrected chi connectivity index (χ3v) is 5.07. The van der Waals surface area contributed by atoms with Gasteiger partial charge in [0.25, 0.3) is 0 Å². The van der Waals surface area contributed by atoms with Crippen molar-refractivity contribution in [2.24, 2.45) is 5.41 Å². The molecule has 0 saturated carbocycles. The number of amides is 1. The van der Waals surface area contributed by atoms with Gasteiger partial charge in [0.15, 0.2) is 5.82 Å². The molecular weight excluding hydrogens is 297 g/mol. The second kappa shape index (κ2) is 6.83. The lowest BCUT2D eigenvalue weighted by atomic mass is 9.73. The minimum absolute atomic E-state index is 0.0651. The fraction of sp³-hybridized carbons (Fsp3) is 0.647. The molecule has 2 aliphatic heterocycles. The molecule has 0 aromatic carbocycles. The van der Waals surface area contributed by atoms with E-state index < -0.39 is 0 Å². The predicted octanol–water partition coefficient (Wildman–Crippen LogP) is 2.08. The average Bonchev–Trinajstić information content (AvgIpc) is 2.56. The van der Waals surface area contributed by atoms with Crippen LogP contribution in [-0.4, -0.2) is 55.7 Å². The number of ether oxygens (including phenoxy) is 1. The number of anilines is 1. The molecule has 2 aliphatic rings. The summed E-state index contributed by atoms with van der Waals surface area (Å²) in [6.45, 7) is 3.60. The maximum absolute atomic E-state index is 14.0. The van der Waals surface area contributed by atoms with Crippen LogP contribution in [0.4, 0.5) is 10.1 Å². The number of halogens is 1. The number of rotatable bonds is 4. The normalized spacial score (nSPS) is 25.2. The molecule has 3 rings (SSSR count). The van der Waals surface area contributed by atoms with Crippen LogP contribution in [0, 0.1) is 11.2 Å². The maximum atomic E-state index is 14.0. The summed E-state index contributed by atoms with van der Waals surface area (Å²) in [6, 6.07) is 1.74. The van der Waals surface area contributed by atoms with Crippen LogP contribution < -0.4 is 4.90 Å². The first-order valence-electron chi connectivity index (χ1n) is 8.25. The van der Waals surface area contributed by atoms with Crippen molar-refractivity contribution in [3.8, 4) is 0 Å². The van der Waals surface area contributed by atoms with Crippen LogP contribution in [0.2, 0.25) is 0 Å². The summed E-state index contributed by atoms with van der Waals surface area (Å²) in [5, 5.41) is 0. The lowest BCUT2D eigenvalue weighted by molar-refractivity contribution is -0.138. The Balaban J connectivity index is 1.74. The molecule has 1 atom stereocenters. The molecule has 0 unspecified atom stereocenters. The molecule has 1 aromatic heterocycles. The van der Waals surface area contributed by atoms with Crippen molar-refractivity contribution in [3.63, 3.8) is 0 Å². The van der Waals surface area contributed by atoms with E-state index >= 15 is 0 Å². The highest BCUT2D eigenvalue weighted by Gasteiger charge is 2.41. The molecule has 23 heavy (non-hydrogen) atoms. The Kier molecular flexibility index (Phi) is 4.80. The number of hydrogen-bond donors (Lipinski definition) is 0. The highest BCUT2D eigenvalue weighted by molar-refractivity contribution is 5.77. The van der Waals surface area contributed by atoms with E-state index in [0.717, 1.165) is 38.9 Å². The summed E-state index contributed by atoms with van der Waals surface area (Å²) in [4.78, 5) is 20.0. The fourth-order valence-electron chi connectivity index (χ4n) is 3.88. The number of aromatic nitrogens is 1. The molecule has 1 amide bonds. The van der Waals surface area contributed by atoms with E-state index in [2.05, 4.69) is 9.88 Å². The van der Waals surface area contributed by atoms with Gasteiger partial charge in [0, 0.05) is 51.3 Å². The minimum Gasteiger partial charge on any atom is -0.383 e. The summed E-state index contributed by atoms with van der Waals surface area (Å²) in [6.07, 6.45) is 6.48. The summed E-state index contributed by atoms with van der Waals surface area (Å²) in [5.41, 5.74) is 0.690. The Morgan fingerprint density at radius 3 is 3.04 bits per heavy atom. The van der Waals surface area contributed by atoms with E-state index in [9.17, 15) is 9.18 Å². The van der Waals surface area contributed by atoms with Gasteiger partial charge in [0.2, 0.25) is 5.91 Å². The monoisotopic (exact) mass is 321 g/mol. The quantitative estimate of drug-likeness (QED) is 0.852. The van der Waals surface area contributed by atoms with Crippen molar-refractivity contribution in [2.75, 3.05) is 44.8 Å². The molecular formula is C17H24FN3O2. The van der Waals surface area contributed by atoms with E-state index in [1.165, 1.54) is 6.20 Å². The minimum atomic E-state index is -0.271. The van der Waals surface area contributed by atoms with E-state index in [-0.39, 0.29) is 17.1 Å². The SMILES string of the molecule is COCCN1C[C@]2(CCCN(c3ccncc3F)C2)CCC1=O. The van der Waals surface area contributed by atoms with E-state index in [4.69, 9.17) is 4.74 Å². The zero-order chi connectivity index (χ0) is 16.3. The van der Waals surface area contributed by atoms with E-state index in [0.29, 0.717) is 25.3 Å². The molecule has 0 N–H and O–H groups in total. The molecule has 3 heterocycles. The molecule has 0 radical (unpaired) electrons. The van der Waals surface area contributed by atoms with Gasteiger partial charge in [-0.2, -0.15) is 0 Å². The van der Waals surface area contributed by atoms with Crippen LogP contribution in [0.3, 0.4) is 0 Å². The van der Waals surface area contributed by atoms with Crippen molar-refractivity contribution in [3.05, 3.63) is 24.3 Å². The van der Waals surface area contributed by atoms with Crippen LogP contribution >= 0.6 is 0 Å². The van der Waals surface area contributed by atoms with Gasteiger partial charge in [-0.05, 0) is 25.3 Å². The second-order valence-corrected chi connectivity index (χ2v) is 6.66. The maximum Gasteiger partial charge on any atom is 0.222 e. The lowest BCUT2D eigenvalue weighted by Gasteiger charge is -2.48. The first-order valence-corrected chi connectivity index (χ1v) is 8.25. The number of piperidine rings is 2. The second-order valence-electron chi connectivity index (χ2n) is 6.66. The van der Waals surface area contributed by atoms with Crippen molar-refractivity contribution in [1.29, 1.82) is 0 Å². The van der Waals surface area contributed by atoms with Crippen molar-refractivity contribution < 1.29 is 13.9 Å². The Bertz CT molecular complexity index is 569. The Labute approximate surface area is 136 Å². The molecule has 5 nitrogen and oxygen atoms in total. The molecule has 2 saturated heterocycles. The highest BCUT2D eigenvalue weighted by Crippen LogP contribution is 2.40. The molecule has 1 aromatic rings. The number of nitrogens with zero attached hydrogens (tertiary/aromatic N) is 3. The highest BCUT2D eigenvalue weighted by atomic mass is 19.1. The van der Waals surface area contributed by atoms with Gasteiger partial charge in [-0.1, -0.05) is 0 Å². The smallest absolute Gasteiger partial charge is 0.222 e. The van der Waals surface area contributed by atoms with Crippen LogP contribution in [0.15, 0.2) is 18.5 Å². The Hall–Kier alpha value is -1.69. The van der Waals surface area contributed by atoms with Gasteiger partial charge < -0.3 is 14.5 Å². The number of pyridine rings is 1. The van der Waals surface area contributed by atoms with E-state index in [1.807, 2.05) is 4.90 Å². The van der Waals surface area contributed by atoms with Crippen molar-refractivity contribution >= 4 is 11.6 Å². The summed E-state index contributed by atoms with van der Waals surface area (Å²) < 4.78 is 19.2. The van der Waals surface area contributed by atoms with Gasteiger partial charge in [-0.3, -0.25) is 9.78 Å². The van der Waals surface area contributed by atoms with Crippen LogP contribution in [-0.2, 0) is 9.53 Å². The average molecular weight is 321 g/mol. The number of carbonyl (C=O) groups is 1. The Morgan fingerprint density at radius 1 is 1.39 bits per heavy atom. The van der Waals surface area contributed by atoms with Crippen LogP contribution in [0.25, 0.3) is 0 Å². The number of likely N-dealkylation sites (tertiary alicyclic amines) is 1. The third-order valence-electron chi connectivity index (χ3n) is 5.07. The zero-order valence-corrected chi connectivity index (χ0v) is 13.6. The molecule has 2 fully saturated rings. The zero-order valence-electron chi connectivity index (χ0n) is 13.6. The van der Waals surface area contributed by atoms with Gasteiger partial charge in [0.1, 0.15) is 0 Å². The van der Waals surface area contributed by atoms with Gasteiger partial charge >= 0.3 is 0 Å². The molecule has 126 valence electrons. The summed E-state index contributed by atoms with van der Waals surface area (Å²) in [5.74, 6) is -0.0624. The largest absolute Gasteiger partial charge is 0.383 e. The summed E-state index contributed by atoms with van der Waals surface area (Å²) in [7, 11) is 1.65. The lowest BCUT2D eigenvalue weighted by Crippen LogP contribution is -2.54. The summed E-state index contributed by atoms with van der Waals surface area (Å²) >= 11 is 0. The van der Waals surface area contributed by atoms with Crippen LogP contribution in [0.5, 0.6) is 0 Å². The van der Waals surface area contributed by atoms with Crippen LogP contribution in [0.1, 0.15) is 25.7 Å². The van der Waals surface area contributed by atoms with Gasteiger partial charge in [-0.15, -0.1) is 0 Å². The van der Waals surface area contributed by atoms with Gasteiger partial charge in [-0.25, -0.2) is 4.39 Å². The number of hydrogen-bond acceptors (Lipinski definition) is 4. The predicted molar refractivity (Wildman–Crippen MR) is 85.8 cm³/mol. The molecule has 6 heteroatoms. The third kappa shape index (κ3) is 3.47. The molecule has 1 spiro atoms. The topological polar surface area (TPSA) is 45.7 Å². The van der Waals surface area contributed by atoms with Gasteiger partial charge in [0.05, 0.1) is 18.5 Å². The fourth-order valence-corrected chi connectivity index (χ4v) is 3.88. The first kappa shape index (κ1) is 16.2. The van der Waals surface area contributed by atoms with Crippen molar-refractivity contribution in [2.45, 2.75) is 25.7 Å². The van der Waals surface area contributed by atoms with Crippen molar-refractivity contribution in [1.82, 2.24) is 9.88 Å². The van der Waals surface area contributed by atoms with E-state index in [1.54, 1.807) is 19.4 Å². The molecule has 0 aliphatic carbocycles.